The lowest BCUT2D eigenvalue weighted by molar-refractivity contribution is -0.270. The van der Waals surface area contributed by atoms with Crippen LogP contribution >= 0.6 is 23.2 Å². The number of halogens is 5. The van der Waals surface area contributed by atoms with Gasteiger partial charge in [0.25, 0.3) is 0 Å². The molecule has 0 fully saturated rings. The standard InChI is InChI=1S/C18H16Cl2F3NO2.C3H7NO2.C2H6/c1-10-4-11(2-3-12(10)9-25)16(24)8-17(26,18(21,22)23)13-5-14(19)7-15(20)6-13;1-4-2-3(5)6;1-2/h2-7,9,16,26H,8,24H2,1H3;4H,2H2,1H3,(H,5,6);1-2H3. The number of aliphatic carboxylic acids is 1. The molecule has 0 heterocycles. The maximum atomic E-state index is 13.7. The Balaban J connectivity index is 0.00000118. The zero-order valence-electron chi connectivity index (χ0n) is 19.2. The molecule has 190 valence electrons. The van der Waals surface area contributed by atoms with Gasteiger partial charge in [-0.1, -0.05) is 55.2 Å². The molecule has 5 N–H and O–H groups in total. The molecule has 0 aliphatic carbocycles. The van der Waals surface area contributed by atoms with Crippen molar-refractivity contribution in [2.24, 2.45) is 5.73 Å². The van der Waals surface area contributed by atoms with Crippen LogP contribution in [-0.2, 0) is 10.4 Å². The summed E-state index contributed by atoms with van der Waals surface area (Å²) in [6, 6.07) is 6.60. The van der Waals surface area contributed by atoms with Crippen LogP contribution in [0.5, 0.6) is 0 Å². The van der Waals surface area contributed by atoms with Gasteiger partial charge < -0.3 is 21.3 Å². The van der Waals surface area contributed by atoms with E-state index in [9.17, 15) is 27.9 Å². The number of alkyl halides is 3. The highest BCUT2D eigenvalue weighted by atomic mass is 35.5. The molecule has 34 heavy (non-hydrogen) atoms. The van der Waals surface area contributed by atoms with Crippen LogP contribution in [0, 0.1) is 6.92 Å². The number of aliphatic hydroxyl groups is 1. The maximum absolute atomic E-state index is 13.7. The number of likely N-dealkylation sites (N-methyl/N-ethyl adjacent to an activating group) is 1. The van der Waals surface area contributed by atoms with Gasteiger partial charge in [0.1, 0.15) is 6.29 Å². The van der Waals surface area contributed by atoms with Gasteiger partial charge in [0.15, 0.2) is 5.60 Å². The van der Waals surface area contributed by atoms with Crippen molar-refractivity contribution in [2.45, 2.75) is 45.0 Å². The minimum Gasteiger partial charge on any atom is -0.480 e. The third kappa shape index (κ3) is 9.23. The Labute approximate surface area is 206 Å². The molecule has 2 aromatic carbocycles. The Morgan fingerprint density at radius 3 is 2.03 bits per heavy atom. The monoisotopic (exact) mass is 524 g/mol. The lowest BCUT2D eigenvalue weighted by atomic mass is 9.84. The number of carbonyl (C=O) groups excluding carboxylic acids is 1. The van der Waals surface area contributed by atoms with Crippen LogP contribution < -0.4 is 11.1 Å². The van der Waals surface area contributed by atoms with Crippen molar-refractivity contribution in [3.63, 3.8) is 0 Å². The molecule has 0 bridgehead atoms. The van der Waals surface area contributed by atoms with E-state index in [1.165, 1.54) is 24.3 Å². The minimum absolute atomic E-state index is 0.0325. The van der Waals surface area contributed by atoms with Crippen LogP contribution in [0.25, 0.3) is 0 Å². The molecule has 0 amide bonds. The Hall–Kier alpha value is -2.17. The average molecular weight is 525 g/mol. The van der Waals surface area contributed by atoms with Gasteiger partial charge in [0.2, 0.25) is 0 Å². The van der Waals surface area contributed by atoms with E-state index in [4.69, 9.17) is 34.0 Å². The zero-order chi connectivity index (χ0) is 26.7. The number of carboxylic acid groups (broad SMARTS) is 1. The molecule has 0 saturated heterocycles. The highest BCUT2D eigenvalue weighted by Gasteiger charge is 2.55. The van der Waals surface area contributed by atoms with Gasteiger partial charge in [0, 0.05) is 28.1 Å². The second-order valence-corrected chi connectivity index (χ2v) is 7.86. The first kappa shape index (κ1) is 31.8. The molecular formula is C23H29Cl2F3N2O4. The normalized spacial score (nSPS) is 13.4. The van der Waals surface area contributed by atoms with E-state index >= 15 is 0 Å². The van der Waals surface area contributed by atoms with Crippen molar-refractivity contribution in [1.29, 1.82) is 0 Å². The number of aryl methyl sites for hydroxylation is 1. The highest BCUT2D eigenvalue weighted by Crippen LogP contribution is 2.45. The van der Waals surface area contributed by atoms with Gasteiger partial charge >= 0.3 is 12.1 Å². The largest absolute Gasteiger partial charge is 0.480 e. The van der Waals surface area contributed by atoms with Gasteiger partial charge in [-0.15, -0.1) is 0 Å². The van der Waals surface area contributed by atoms with E-state index in [1.807, 2.05) is 13.8 Å². The summed E-state index contributed by atoms with van der Waals surface area (Å²) in [4.78, 5) is 20.4. The van der Waals surface area contributed by atoms with Gasteiger partial charge in [-0.25, -0.2) is 0 Å². The van der Waals surface area contributed by atoms with E-state index < -0.39 is 35.8 Å². The smallest absolute Gasteiger partial charge is 0.421 e. The van der Waals surface area contributed by atoms with Crippen molar-refractivity contribution in [3.8, 4) is 0 Å². The maximum Gasteiger partial charge on any atom is 0.421 e. The first-order chi connectivity index (χ1) is 15.7. The SMILES string of the molecule is CC.CNCC(=O)O.Cc1cc(C(N)CC(O)(c2cc(Cl)cc(Cl)c2)C(F)(F)F)ccc1C=O. The molecule has 0 spiro atoms. The number of carbonyl (C=O) groups is 2. The molecular weight excluding hydrogens is 496 g/mol. The molecule has 0 radical (unpaired) electrons. The second kappa shape index (κ2) is 14.3. The van der Waals surface area contributed by atoms with E-state index in [0.717, 1.165) is 12.1 Å². The number of aldehydes is 1. The van der Waals surface area contributed by atoms with Gasteiger partial charge in [0.05, 0.1) is 6.54 Å². The van der Waals surface area contributed by atoms with Crippen molar-refractivity contribution in [3.05, 3.63) is 68.7 Å². The number of nitrogens with one attached hydrogen (secondary N) is 1. The van der Waals surface area contributed by atoms with Crippen LogP contribution in [0.2, 0.25) is 10.0 Å². The zero-order valence-corrected chi connectivity index (χ0v) is 20.7. The Morgan fingerprint density at radius 1 is 1.15 bits per heavy atom. The van der Waals surface area contributed by atoms with Gasteiger partial charge in [-0.05, 0) is 48.9 Å². The van der Waals surface area contributed by atoms with Crippen molar-refractivity contribution < 1.29 is 33.0 Å². The number of nitrogens with two attached hydrogens (primary N) is 1. The van der Waals surface area contributed by atoms with Crippen LogP contribution in [0.4, 0.5) is 13.2 Å². The van der Waals surface area contributed by atoms with Crippen LogP contribution in [0.15, 0.2) is 36.4 Å². The van der Waals surface area contributed by atoms with E-state index in [-0.39, 0.29) is 16.6 Å². The van der Waals surface area contributed by atoms with Crippen LogP contribution in [0.1, 0.15) is 53.4 Å². The quantitative estimate of drug-likeness (QED) is 0.367. The number of carboxylic acids is 1. The molecule has 6 nitrogen and oxygen atoms in total. The highest BCUT2D eigenvalue weighted by molar-refractivity contribution is 6.34. The molecule has 2 unspecified atom stereocenters. The summed E-state index contributed by atoms with van der Waals surface area (Å²) in [7, 11) is 1.59. The number of rotatable bonds is 7. The molecule has 0 aliphatic rings. The first-order valence-corrected chi connectivity index (χ1v) is 10.9. The van der Waals surface area contributed by atoms with Crippen molar-refractivity contribution in [2.75, 3.05) is 13.6 Å². The Bertz CT molecular complexity index is 938. The summed E-state index contributed by atoms with van der Waals surface area (Å²) in [6.07, 6.45) is -5.20. The molecule has 0 aromatic heterocycles. The van der Waals surface area contributed by atoms with Crippen molar-refractivity contribution >= 4 is 35.5 Å². The van der Waals surface area contributed by atoms with Gasteiger partial charge in [-0.2, -0.15) is 13.2 Å². The minimum atomic E-state index is -5.00. The molecule has 2 rings (SSSR count). The van der Waals surface area contributed by atoms with Crippen LogP contribution in [-0.4, -0.2) is 42.2 Å². The fourth-order valence-corrected chi connectivity index (χ4v) is 3.36. The predicted molar refractivity (Wildman–Crippen MR) is 127 cm³/mol. The summed E-state index contributed by atoms with van der Waals surface area (Å²) in [6.45, 7) is 5.69. The molecule has 0 aliphatic heterocycles. The van der Waals surface area contributed by atoms with E-state index in [0.29, 0.717) is 23.0 Å². The lowest BCUT2D eigenvalue weighted by Crippen LogP contribution is -2.44. The van der Waals surface area contributed by atoms with Crippen molar-refractivity contribution in [1.82, 2.24) is 5.32 Å². The average Bonchev–Trinajstić information content (AvgIpc) is 2.73. The topological polar surface area (TPSA) is 113 Å². The fraction of sp³-hybridized carbons (Fsp3) is 0.391. The summed E-state index contributed by atoms with van der Waals surface area (Å²) in [5.41, 5.74) is 3.57. The first-order valence-electron chi connectivity index (χ1n) is 10.2. The third-order valence-corrected chi connectivity index (χ3v) is 4.94. The molecule has 2 aromatic rings. The Kier molecular flexibility index (Phi) is 13.4. The summed E-state index contributed by atoms with van der Waals surface area (Å²) in [5.74, 6) is -0.822. The summed E-state index contributed by atoms with van der Waals surface area (Å²) < 4.78 is 41.1. The van der Waals surface area contributed by atoms with E-state index in [2.05, 4.69) is 5.32 Å². The molecule has 11 heteroatoms. The summed E-state index contributed by atoms with van der Waals surface area (Å²) >= 11 is 11.6. The van der Waals surface area contributed by atoms with Crippen LogP contribution in [0.3, 0.4) is 0 Å². The fourth-order valence-electron chi connectivity index (χ4n) is 2.84. The molecule has 2 atom stereocenters. The molecule has 0 saturated carbocycles. The second-order valence-electron chi connectivity index (χ2n) is 6.98. The Morgan fingerprint density at radius 2 is 1.68 bits per heavy atom. The number of hydrogen-bond acceptors (Lipinski definition) is 5. The van der Waals surface area contributed by atoms with E-state index in [1.54, 1.807) is 14.0 Å². The lowest BCUT2D eigenvalue weighted by Gasteiger charge is -2.33. The predicted octanol–water partition coefficient (Wildman–Crippen LogP) is 5.27. The van der Waals surface area contributed by atoms with Gasteiger partial charge in [-0.3, -0.25) is 9.59 Å². The third-order valence-electron chi connectivity index (χ3n) is 4.50. The summed E-state index contributed by atoms with van der Waals surface area (Å²) in [5, 5.41) is 20.7. The number of hydrogen-bond donors (Lipinski definition) is 4. The number of benzene rings is 2.